The van der Waals surface area contributed by atoms with E-state index >= 15 is 0 Å². The van der Waals surface area contributed by atoms with Crippen LogP contribution in [0.25, 0.3) is 0 Å². The summed E-state index contributed by atoms with van der Waals surface area (Å²) in [4.78, 5) is 0. The van der Waals surface area contributed by atoms with Crippen LogP contribution in [0.2, 0.25) is 0 Å². The van der Waals surface area contributed by atoms with E-state index in [0.29, 0.717) is 0 Å². The van der Waals surface area contributed by atoms with Crippen molar-refractivity contribution in [1.82, 2.24) is 5.32 Å². The Morgan fingerprint density at radius 1 is 0.895 bits per heavy atom. The first-order valence-electron chi connectivity index (χ1n) is 8.40. The standard InChI is InChI=1S/C5H10.C4H8.C3H7N.C3H8O.C2H6/c1-5-3-2-4-5;1-4-2-3-4;1-2-4-3-1;1-3-4-2;1-2/h5H,2-4H2,1H3;4H,2-3H2,1H3;4H,1-3H2;3H2,1-2H3;1-2H3. The van der Waals surface area contributed by atoms with E-state index in [1.807, 2.05) is 20.8 Å². The molecule has 0 spiro atoms. The Kier molecular flexibility index (Phi) is 20.0. The fraction of sp³-hybridized carbons (Fsp3) is 1.00. The maximum atomic E-state index is 4.54. The van der Waals surface area contributed by atoms with Crippen molar-refractivity contribution in [3.63, 3.8) is 0 Å². The SMILES string of the molecule is C1CNC1.CC.CC1CC1.CC1CCC1.CCOC. The summed E-state index contributed by atoms with van der Waals surface area (Å²) in [5.41, 5.74) is 0. The molecule has 1 aliphatic heterocycles. The maximum Gasteiger partial charge on any atom is 0.0433 e. The molecule has 1 saturated heterocycles. The zero-order valence-corrected chi connectivity index (χ0v) is 14.4. The summed E-state index contributed by atoms with van der Waals surface area (Å²) in [6.07, 6.45) is 8.82. The van der Waals surface area contributed by atoms with Crippen molar-refractivity contribution in [3.05, 3.63) is 0 Å². The van der Waals surface area contributed by atoms with Crippen molar-refractivity contribution >= 4 is 0 Å². The molecule has 19 heavy (non-hydrogen) atoms. The number of ether oxygens (including phenoxy) is 1. The highest BCUT2D eigenvalue weighted by molar-refractivity contribution is 4.65. The minimum Gasteiger partial charge on any atom is -0.385 e. The second-order valence-corrected chi connectivity index (χ2v) is 5.40. The van der Waals surface area contributed by atoms with Crippen LogP contribution in [-0.2, 0) is 4.74 Å². The summed E-state index contributed by atoms with van der Waals surface area (Å²) < 4.78 is 4.54. The normalized spacial score (nSPS) is 19.3. The zero-order chi connectivity index (χ0) is 14.9. The Balaban J connectivity index is 0. The van der Waals surface area contributed by atoms with Gasteiger partial charge < -0.3 is 10.1 Å². The van der Waals surface area contributed by atoms with E-state index in [1.54, 1.807) is 7.11 Å². The largest absolute Gasteiger partial charge is 0.385 e. The highest BCUT2D eigenvalue weighted by atomic mass is 16.5. The van der Waals surface area contributed by atoms with Crippen molar-refractivity contribution < 1.29 is 4.74 Å². The molecule has 0 atom stereocenters. The lowest BCUT2D eigenvalue weighted by Gasteiger charge is -2.18. The minimum atomic E-state index is 0.819. The van der Waals surface area contributed by atoms with Crippen LogP contribution in [-0.4, -0.2) is 26.8 Å². The molecule has 118 valence electrons. The Morgan fingerprint density at radius 3 is 1.16 bits per heavy atom. The van der Waals surface area contributed by atoms with E-state index in [-0.39, 0.29) is 0 Å². The Hall–Kier alpha value is -0.0800. The monoisotopic (exact) mass is 273 g/mol. The molecule has 0 aromatic heterocycles. The fourth-order valence-corrected chi connectivity index (χ4v) is 0.956. The lowest BCUT2D eigenvalue weighted by molar-refractivity contribution is 0.215. The molecule has 2 heteroatoms. The van der Waals surface area contributed by atoms with Gasteiger partial charge in [-0.2, -0.15) is 0 Å². The van der Waals surface area contributed by atoms with Gasteiger partial charge in [0.25, 0.3) is 0 Å². The fourth-order valence-electron chi connectivity index (χ4n) is 0.956. The van der Waals surface area contributed by atoms with Gasteiger partial charge in [-0.1, -0.05) is 59.8 Å². The minimum absolute atomic E-state index is 0.819. The van der Waals surface area contributed by atoms with Crippen LogP contribution in [0.15, 0.2) is 0 Å². The van der Waals surface area contributed by atoms with Gasteiger partial charge >= 0.3 is 0 Å². The van der Waals surface area contributed by atoms with Gasteiger partial charge in [-0.3, -0.25) is 0 Å². The lowest BCUT2D eigenvalue weighted by atomic mass is 9.88. The van der Waals surface area contributed by atoms with E-state index < -0.39 is 0 Å². The highest BCUT2D eigenvalue weighted by Crippen LogP contribution is 2.26. The molecular weight excluding hydrogens is 234 g/mol. The van der Waals surface area contributed by atoms with Crippen molar-refractivity contribution in [3.8, 4) is 0 Å². The van der Waals surface area contributed by atoms with Crippen molar-refractivity contribution in [2.75, 3.05) is 26.8 Å². The number of methoxy groups -OCH3 is 1. The van der Waals surface area contributed by atoms with Gasteiger partial charge in [0.1, 0.15) is 0 Å². The summed E-state index contributed by atoms with van der Waals surface area (Å²) in [5.74, 6) is 2.15. The lowest BCUT2D eigenvalue weighted by Crippen LogP contribution is -2.29. The van der Waals surface area contributed by atoms with E-state index in [9.17, 15) is 0 Å². The first kappa shape index (κ1) is 21.2. The van der Waals surface area contributed by atoms with Crippen LogP contribution in [0.1, 0.15) is 73.1 Å². The molecule has 2 saturated carbocycles. The van der Waals surface area contributed by atoms with E-state index in [4.69, 9.17) is 0 Å². The van der Waals surface area contributed by atoms with Crippen LogP contribution in [0.5, 0.6) is 0 Å². The van der Waals surface area contributed by atoms with E-state index in [0.717, 1.165) is 18.4 Å². The molecule has 0 unspecified atom stereocenters. The summed E-state index contributed by atoms with van der Waals surface area (Å²) in [5, 5.41) is 3.11. The molecule has 2 aliphatic carbocycles. The zero-order valence-electron chi connectivity index (χ0n) is 14.4. The van der Waals surface area contributed by atoms with Gasteiger partial charge in [0, 0.05) is 13.7 Å². The van der Waals surface area contributed by atoms with Crippen molar-refractivity contribution in [2.24, 2.45) is 11.8 Å². The second-order valence-electron chi connectivity index (χ2n) is 5.40. The molecule has 3 fully saturated rings. The van der Waals surface area contributed by atoms with Gasteiger partial charge in [-0.25, -0.2) is 0 Å². The average Bonchev–Trinajstić information content (AvgIpc) is 3.11. The number of hydrogen-bond acceptors (Lipinski definition) is 2. The summed E-state index contributed by atoms with van der Waals surface area (Å²) in [6, 6.07) is 0. The number of nitrogens with one attached hydrogen (secondary N) is 1. The van der Waals surface area contributed by atoms with Crippen LogP contribution in [0.3, 0.4) is 0 Å². The Morgan fingerprint density at radius 2 is 1.16 bits per heavy atom. The predicted octanol–water partition coefficient (Wildman–Crippen LogP) is 4.88. The first-order valence-corrected chi connectivity index (χ1v) is 8.40. The average molecular weight is 274 g/mol. The molecule has 0 amide bonds. The van der Waals surface area contributed by atoms with E-state index in [1.165, 1.54) is 51.6 Å². The Labute approximate surface area is 122 Å². The van der Waals surface area contributed by atoms with Gasteiger partial charge in [-0.15, -0.1) is 0 Å². The van der Waals surface area contributed by atoms with Crippen molar-refractivity contribution in [1.29, 1.82) is 0 Å². The third-order valence-corrected chi connectivity index (χ3v) is 3.26. The third kappa shape index (κ3) is 23.4. The molecule has 2 nitrogen and oxygen atoms in total. The van der Waals surface area contributed by atoms with Gasteiger partial charge in [0.05, 0.1) is 0 Å². The number of hydrogen-bond donors (Lipinski definition) is 1. The topological polar surface area (TPSA) is 21.3 Å². The summed E-state index contributed by atoms with van der Waals surface area (Å²) in [6.45, 7) is 13.9. The molecule has 3 aliphatic rings. The van der Waals surface area contributed by atoms with Gasteiger partial charge in [0.15, 0.2) is 0 Å². The van der Waals surface area contributed by atoms with Gasteiger partial charge in [-0.05, 0) is 38.3 Å². The molecule has 1 heterocycles. The van der Waals surface area contributed by atoms with E-state index in [2.05, 4.69) is 23.9 Å². The maximum absolute atomic E-state index is 4.54. The molecule has 0 radical (unpaired) electrons. The second kappa shape index (κ2) is 17.9. The molecule has 0 aromatic rings. The highest BCUT2D eigenvalue weighted by Gasteiger charge is 2.12. The summed E-state index contributed by atoms with van der Waals surface area (Å²) in [7, 11) is 1.68. The quantitative estimate of drug-likeness (QED) is 0.735. The summed E-state index contributed by atoms with van der Waals surface area (Å²) >= 11 is 0. The van der Waals surface area contributed by atoms with Crippen molar-refractivity contribution in [2.45, 2.75) is 73.1 Å². The number of rotatable bonds is 1. The van der Waals surface area contributed by atoms with Crippen LogP contribution < -0.4 is 5.32 Å². The molecule has 3 rings (SSSR count). The van der Waals surface area contributed by atoms with Crippen LogP contribution >= 0.6 is 0 Å². The van der Waals surface area contributed by atoms with Crippen LogP contribution in [0, 0.1) is 11.8 Å². The predicted molar refractivity (Wildman–Crippen MR) is 87.8 cm³/mol. The molecule has 0 bridgehead atoms. The molecule has 1 N–H and O–H groups in total. The molecule has 0 aromatic carbocycles. The third-order valence-electron chi connectivity index (χ3n) is 3.26. The first-order chi connectivity index (χ1) is 9.20. The smallest absolute Gasteiger partial charge is 0.0433 e. The van der Waals surface area contributed by atoms with Crippen LogP contribution in [0.4, 0.5) is 0 Å². The molecular formula is C17H39NO. The van der Waals surface area contributed by atoms with Gasteiger partial charge in [0.2, 0.25) is 0 Å². The Bertz CT molecular complexity index is 132.